The minimum atomic E-state index is -1.11. The third kappa shape index (κ3) is 6.59. The molecule has 0 amide bonds. The summed E-state index contributed by atoms with van der Waals surface area (Å²) in [5.41, 5.74) is 2.75. The third-order valence-corrected chi connectivity index (χ3v) is 6.52. The maximum absolute atomic E-state index is 13.6. The van der Waals surface area contributed by atoms with E-state index < -0.39 is 23.7 Å². The molecule has 6 nitrogen and oxygen atoms in total. The zero-order valence-corrected chi connectivity index (χ0v) is 21.3. The van der Waals surface area contributed by atoms with Crippen LogP contribution in [-0.4, -0.2) is 36.4 Å². The fraction of sp³-hybridized carbons (Fsp3) is 0.226. The molecule has 39 heavy (non-hydrogen) atoms. The van der Waals surface area contributed by atoms with Crippen molar-refractivity contribution in [2.45, 2.75) is 18.9 Å². The van der Waals surface area contributed by atoms with Crippen molar-refractivity contribution in [3.05, 3.63) is 101 Å². The highest BCUT2D eigenvalue weighted by Crippen LogP contribution is 2.32. The normalized spacial score (nSPS) is 14.0. The van der Waals surface area contributed by atoms with Crippen LogP contribution in [0.2, 0.25) is 0 Å². The first-order valence-electron chi connectivity index (χ1n) is 12.6. The first-order valence-corrected chi connectivity index (χ1v) is 12.6. The van der Waals surface area contributed by atoms with E-state index in [2.05, 4.69) is 4.98 Å². The van der Waals surface area contributed by atoms with Crippen LogP contribution in [0.15, 0.2) is 66.7 Å². The summed E-state index contributed by atoms with van der Waals surface area (Å²) in [6.07, 6.45) is 5.52. The van der Waals surface area contributed by atoms with Crippen molar-refractivity contribution in [3.8, 4) is 11.5 Å². The van der Waals surface area contributed by atoms with E-state index >= 15 is 0 Å². The van der Waals surface area contributed by atoms with Crippen molar-refractivity contribution in [2.24, 2.45) is 5.92 Å². The summed E-state index contributed by atoms with van der Waals surface area (Å²) >= 11 is 0. The maximum Gasteiger partial charge on any atom is 0.339 e. The van der Waals surface area contributed by atoms with Crippen LogP contribution < -0.4 is 9.47 Å². The van der Waals surface area contributed by atoms with Gasteiger partial charge in [-0.05, 0) is 72.4 Å². The Morgan fingerprint density at radius 2 is 1.87 bits per heavy atom. The minimum absolute atomic E-state index is 0.0116. The quantitative estimate of drug-likeness (QED) is 0.226. The number of carboxylic acid groups (broad SMARTS) is 1. The second-order valence-corrected chi connectivity index (χ2v) is 9.44. The molecule has 1 fully saturated rings. The zero-order chi connectivity index (χ0) is 27.4. The second kappa shape index (κ2) is 11.6. The van der Waals surface area contributed by atoms with Gasteiger partial charge in [0, 0.05) is 11.5 Å². The van der Waals surface area contributed by atoms with Gasteiger partial charge in [0.2, 0.25) is 0 Å². The number of benzene rings is 3. The van der Waals surface area contributed by atoms with Gasteiger partial charge in [0.05, 0.1) is 24.9 Å². The maximum atomic E-state index is 13.6. The molecule has 1 aliphatic rings. The Morgan fingerprint density at radius 3 is 2.64 bits per heavy atom. The lowest BCUT2D eigenvalue weighted by Gasteiger charge is -2.20. The summed E-state index contributed by atoms with van der Waals surface area (Å²) in [6.45, 7) is 0.724. The SMILES string of the molecule is COc1ccc(OC[C@H](OCC2CC2)c2cccc(/C=C/c3ccc4cc(F)c(F)cc4n3)c2)c(C(=O)O)c1. The summed E-state index contributed by atoms with van der Waals surface area (Å²) < 4.78 is 44.4. The largest absolute Gasteiger partial charge is 0.497 e. The number of nitrogens with zero attached hydrogens (tertiary/aromatic N) is 1. The average Bonchev–Trinajstić information content (AvgIpc) is 3.77. The molecule has 5 rings (SSSR count). The number of aromatic carboxylic acids is 1. The van der Waals surface area contributed by atoms with Gasteiger partial charge in [-0.25, -0.2) is 18.6 Å². The number of halogens is 2. The monoisotopic (exact) mass is 531 g/mol. The number of methoxy groups -OCH3 is 1. The Hall–Kier alpha value is -4.30. The van der Waals surface area contributed by atoms with Crippen LogP contribution in [-0.2, 0) is 4.74 Å². The number of pyridine rings is 1. The van der Waals surface area contributed by atoms with Crippen LogP contribution in [0.25, 0.3) is 23.1 Å². The summed E-state index contributed by atoms with van der Waals surface area (Å²) in [5.74, 6) is -1.76. The fourth-order valence-corrected chi connectivity index (χ4v) is 4.14. The average molecular weight is 532 g/mol. The van der Waals surface area contributed by atoms with Gasteiger partial charge in [-0.1, -0.05) is 30.3 Å². The van der Waals surface area contributed by atoms with Crippen LogP contribution in [0.4, 0.5) is 8.78 Å². The van der Waals surface area contributed by atoms with E-state index in [-0.39, 0.29) is 17.9 Å². The molecule has 200 valence electrons. The molecule has 1 heterocycles. The molecule has 0 unspecified atom stereocenters. The first kappa shape index (κ1) is 26.3. The molecule has 1 atom stereocenters. The lowest BCUT2D eigenvalue weighted by molar-refractivity contribution is 0.0128. The van der Waals surface area contributed by atoms with E-state index in [1.807, 2.05) is 30.3 Å². The molecule has 1 aliphatic carbocycles. The molecule has 1 aromatic heterocycles. The van der Waals surface area contributed by atoms with Crippen molar-refractivity contribution in [1.82, 2.24) is 4.98 Å². The molecular formula is C31H27F2NO5. The van der Waals surface area contributed by atoms with Crippen molar-refractivity contribution in [1.29, 1.82) is 0 Å². The topological polar surface area (TPSA) is 77.9 Å². The number of rotatable bonds is 11. The van der Waals surface area contributed by atoms with Gasteiger partial charge in [-0.15, -0.1) is 0 Å². The highest BCUT2D eigenvalue weighted by atomic mass is 19.2. The van der Waals surface area contributed by atoms with E-state index in [9.17, 15) is 18.7 Å². The molecule has 1 saturated carbocycles. The highest BCUT2D eigenvalue weighted by Gasteiger charge is 2.25. The molecular weight excluding hydrogens is 504 g/mol. The summed E-state index contributed by atoms with van der Waals surface area (Å²) in [5, 5.41) is 10.1. The van der Waals surface area contributed by atoms with Crippen LogP contribution in [0.5, 0.6) is 11.5 Å². The van der Waals surface area contributed by atoms with Crippen molar-refractivity contribution in [2.75, 3.05) is 20.3 Å². The van der Waals surface area contributed by atoms with Crippen molar-refractivity contribution >= 4 is 29.0 Å². The molecule has 8 heteroatoms. The predicted octanol–water partition coefficient (Wildman–Crippen LogP) is 6.94. The summed E-state index contributed by atoms with van der Waals surface area (Å²) in [4.78, 5) is 16.2. The Balaban J connectivity index is 1.35. The van der Waals surface area contributed by atoms with Crippen LogP contribution in [0.1, 0.15) is 46.1 Å². The second-order valence-electron chi connectivity index (χ2n) is 9.44. The summed E-state index contributed by atoms with van der Waals surface area (Å²) in [6, 6.07) is 18.1. The number of carboxylic acids is 1. The Bertz CT molecular complexity index is 1530. The molecule has 0 spiro atoms. The zero-order valence-electron chi connectivity index (χ0n) is 21.3. The predicted molar refractivity (Wildman–Crippen MR) is 144 cm³/mol. The third-order valence-electron chi connectivity index (χ3n) is 6.52. The smallest absolute Gasteiger partial charge is 0.339 e. The minimum Gasteiger partial charge on any atom is -0.497 e. The van der Waals surface area contributed by atoms with Gasteiger partial charge in [0.1, 0.15) is 29.8 Å². The molecule has 0 aliphatic heterocycles. The molecule has 0 bridgehead atoms. The van der Waals surface area contributed by atoms with Gasteiger partial charge >= 0.3 is 5.97 Å². The first-order chi connectivity index (χ1) is 18.9. The van der Waals surface area contributed by atoms with Gasteiger partial charge in [-0.2, -0.15) is 0 Å². The lowest BCUT2D eigenvalue weighted by Crippen LogP contribution is -2.16. The molecule has 0 radical (unpaired) electrons. The molecule has 0 saturated heterocycles. The fourth-order valence-electron chi connectivity index (χ4n) is 4.14. The van der Waals surface area contributed by atoms with Crippen molar-refractivity contribution in [3.63, 3.8) is 0 Å². The standard InChI is InChI=1S/C31H27F2NO5/c1-37-24-11-12-29(25(15-24)31(35)36)39-18-30(38-17-20-5-6-20)22-4-2-3-19(13-22)7-9-23-10-8-21-14-26(32)27(33)16-28(21)34-23/h2-4,7-16,20,30H,5-6,17-18H2,1H3,(H,35,36)/b9-7+/t30-/m0/s1. The number of ether oxygens (including phenoxy) is 3. The highest BCUT2D eigenvalue weighted by molar-refractivity contribution is 5.91. The van der Waals surface area contributed by atoms with E-state index in [1.165, 1.54) is 13.2 Å². The van der Waals surface area contributed by atoms with Gasteiger partial charge in [-0.3, -0.25) is 0 Å². The number of carbonyl (C=O) groups is 1. The molecule has 3 aromatic carbocycles. The van der Waals surface area contributed by atoms with Crippen LogP contribution >= 0.6 is 0 Å². The van der Waals surface area contributed by atoms with E-state index in [4.69, 9.17) is 14.2 Å². The van der Waals surface area contributed by atoms with Crippen molar-refractivity contribution < 1.29 is 32.9 Å². The van der Waals surface area contributed by atoms with Crippen LogP contribution in [0, 0.1) is 17.6 Å². The lowest BCUT2D eigenvalue weighted by atomic mass is 10.1. The number of hydrogen-bond donors (Lipinski definition) is 1. The van der Waals surface area contributed by atoms with Gasteiger partial charge < -0.3 is 19.3 Å². The number of hydrogen-bond acceptors (Lipinski definition) is 5. The molecule has 1 N–H and O–H groups in total. The van der Waals surface area contributed by atoms with Gasteiger partial charge in [0.25, 0.3) is 0 Å². The number of fused-ring (bicyclic) bond motifs is 1. The number of aromatic nitrogens is 1. The summed E-state index contributed by atoms with van der Waals surface area (Å²) in [7, 11) is 1.47. The Morgan fingerprint density at radius 1 is 1.05 bits per heavy atom. The van der Waals surface area contributed by atoms with Gasteiger partial charge in [0.15, 0.2) is 11.6 Å². The Kier molecular flexibility index (Phi) is 7.84. The van der Waals surface area contributed by atoms with Crippen LogP contribution in [0.3, 0.4) is 0 Å². The molecule has 4 aromatic rings. The Labute approximate surface area is 224 Å². The van der Waals surface area contributed by atoms with E-state index in [1.54, 1.807) is 30.3 Å². The van der Waals surface area contributed by atoms with E-state index in [0.717, 1.165) is 36.1 Å². The van der Waals surface area contributed by atoms with E-state index in [0.29, 0.717) is 34.9 Å².